The number of aryl methyl sites for hydroxylation is 2. The monoisotopic (exact) mass is 569 g/mol. The second-order valence-corrected chi connectivity index (χ2v) is 11.1. The van der Waals surface area contributed by atoms with Gasteiger partial charge in [-0.3, -0.25) is 4.79 Å². The molecule has 3 heterocycles. The molecule has 0 spiro atoms. The molecule has 42 heavy (non-hydrogen) atoms. The van der Waals surface area contributed by atoms with Gasteiger partial charge >= 0.3 is 0 Å². The van der Waals surface area contributed by atoms with Crippen molar-refractivity contribution < 1.29 is 9.05 Å². The number of hydrogen-bond donors (Lipinski definition) is 0. The normalized spacial score (nSPS) is 10.7. The van der Waals surface area contributed by atoms with Crippen molar-refractivity contribution in [3.63, 3.8) is 0 Å². The molecular formula is C36H47N3O3. The van der Waals surface area contributed by atoms with Crippen molar-refractivity contribution in [2.75, 3.05) is 0 Å². The van der Waals surface area contributed by atoms with Crippen molar-refractivity contribution in [3.05, 3.63) is 106 Å². The summed E-state index contributed by atoms with van der Waals surface area (Å²) in [6.45, 7) is 14.9. The molecule has 0 N–H and O–H groups in total. The van der Waals surface area contributed by atoms with Crippen LogP contribution in [0.4, 0.5) is 0 Å². The Bertz CT molecular complexity index is 1790. The van der Waals surface area contributed by atoms with Crippen molar-refractivity contribution in [2.45, 2.75) is 81.1 Å². The lowest BCUT2D eigenvalue weighted by atomic mass is 9.99. The number of para-hydroxylation sites is 1. The second kappa shape index (κ2) is 14.6. The van der Waals surface area contributed by atoms with E-state index in [2.05, 4.69) is 64.8 Å². The molecule has 0 bridgehead atoms. The van der Waals surface area contributed by atoms with E-state index in [1.165, 1.54) is 11.1 Å². The first-order valence-corrected chi connectivity index (χ1v) is 13.9. The third-order valence-electron chi connectivity index (χ3n) is 6.90. The summed E-state index contributed by atoms with van der Waals surface area (Å²) >= 11 is 0. The molecule has 6 heteroatoms. The molecule has 0 aliphatic carbocycles. The Morgan fingerprint density at radius 1 is 0.643 bits per heavy atom. The number of nitrogens with zero attached hydrogens (tertiary/aromatic N) is 3. The van der Waals surface area contributed by atoms with E-state index in [0.29, 0.717) is 17.8 Å². The molecule has 0 radical (unpaired) electrons. The molecular weight excluding hydrogens is 522 g/mol. The highest BCUT2D eigenvalue weighted by atomic mass is 16.5. The summed E-state index contributed by atoms with van der Waals surface area (Å²) in [4.78, 5) is 11.9. The molecule has 3 aromatic carbocycles. The minimum absolute atomic E-state index is 0. The minimum atomic E-state index is 0. The highest BCUT2D eigenvalue weighted by molar-refractivity contribution is 5.85. The highest BCUT2D eigenvalue weighted by Gasteiger charge is 2.11. The van der Waals surface area contributed by atoms with Gasteiger partial charge in [0.15, 0.2) is 11.2 Å². The van der Waals surface area contributed by atoms with Crippen LogP contribution in [-0.2, 0) is 7.05 Å². The summed E-state index contributed by atoms with van der Waals surface area (Å²) in [6, 6.07) is 21.9. The average molecular weight is 570 g/mol. The topological polar surface area (TPSA) is 74.1 Å². The molecule has 0 aliphatic rings. The lowest BCUT2D eigenvalue weighted by molar-refractivity contribution is 0.441. The smallest absolute Gasteiger partial charge is 0.258 e. The fourth-order valence-corrected chi connectivity index (χ4v) is 4.72. The van der Waals surface area contributed by atoms with E-state index in [4.69, 9.17) is 9.05 Å². The number of fused-ring (bicyclic) bond motifs is 3. The molecule has 0 unspecified atom stereocenters. The number of rotatable bonds is 3. The van der Waals surface area contributed by atoms with Gasteiger partial charge in [0.1, 0.15) is 0 Å². The lowest BCUT2D eigenvalue weighted by Crippen LogP contribution is -2.17. The summed E-state index contributed by atoms with van der Waals surface area (Å²) in [7, 11) is 1.81. The van der Waals surface area contributed by atoms with Gasteiger partial charge in [-0.15, -0.1) is 0 Å². The van der Waals surface area contributed by atoms with E-state index in [0.717, 1.165) is 44.1 Å². The van der Waals surface area contributed by atoms with Crippen molar-refractivity contribution in [1.82, 2.24) is 14.9 Å². The van der Waals surface area contributed by atoms with E-state index in [-0.39, 0.29) is 20.4 Å². The van der Waals surface area contributed by atoms with Gasteiger partial charge in [-0.1, -0.05) is 109 Å². The molecule has 0 fully saturated rings. The standard InChI is InChI=1S/C13H15NO.C11H13NO.C10H11NO.2CH4/c1-9(2)12-8-14(3)13(15)11-7-5-4-6-10(11)12;1-7(2)11-9-6-8(3)4-5-10(9)13-12-11;1-7(2)10-8-5-3-4-6-9(8)12-11-10;;/h4-9H,1-3H3;4-7H,1-3H3;3-7H,1-2H3;2*1H4. The SMILES string of the molecule is C.C.CC(C)c1cn(C)c(=O)c2ccccc12.CC(C)c1noc2ccccc12.Cc1ccc2onc(C(C)C)c2c1. The summed E-state index contributed by atoms with van der Waals surface area (Å²) < 4.78 is 12.0. The van der Waals surface area contributed by atoms with Crippen LogP contribution in [0.1, 0.15) is 96.7 Å². The van der Waals surface area contributed by atoms with Gasteiger partial charge in [-0.2, -0.15) is 0 Å². The highest BCUT2D eigenvalue weighted by Crippen LogP contribution is 2.26. The van der Waals surface area contributed by atoms with Gasteiger partial charge in [0.25, 0.3) is 5.56 Å². The van der Waals surface area contributed by atoms with Crippen molar-refractivity contribution >= 4 is 32.7 Å². The molecule has 6 rings (SSSR count). The third kappa shape index (κ3) is 7.35. The number of aromatic nitrogens is 3. The molecule has 224 valence electrons. The van der Waals surface area contributed by atoms with Crippen LogP contribution in [-0.4, -0.2) is 14.9 Å². The maximum absolute atomic E-state index is 11.9. The average Bonchev–Trinajstić information content (AvgIpc) is 3.56. The van der Waals surface area contributed by atoms with Crippen LogP contribution in [0.15, 0.2) is 86.8 Å². The molecule has 6 aromatic rings. The summed E-state index contributed by atoms with van der Waals surface area (Å²) in [5.41, 5.74) is 6.42. The van der Waals surface area contributed by atoms with Crippen LogP contribution in [0.3, 0.4) is 0 Å². The van der Waals surface area contributed by atoms with Gasteiger partial charge in [-0.25, -0.2) is 0 Å². The zero-order chi connectivity index (χ0) is 29.0. The predicted octanol–water partition coefficient (Wildman–Crippen LogP) is 10.1. The van der Waals surface area contributed by atoms with Crippen molar-refractivity contribution in [3.8, 4) is 0 Å². The lowest BCUT2D eigenvalue weighted by Gasteiger charge is -2.11. The molecule has 3 aromatic heterocycles. The van der Waals surface area contributed by atoms with Crippen LogP contribution in [0.25, 0.3) is 32.7 Å². The Labute approximate surface area is 250 Å². The fourth-order valence-electron chi connectivity index (χ4n) is 4.72. The Kier molecular flexibility index (Phi) is 11.8. The largest absolute Gasteiger partial charge is 0.356 e. The maximum atomic E-state index is 11.9. The maximum Gasteiger partial charge on any atom is 0.258 e. The Morgan fingerprint density at radius 3 is 1.71 bits per heavy atom. The van der Waals surface area contributed by atoms with Gasteiger partial charge in [0.05, 0.1) is 11.4 Å². The van der Waals surface area contributed by atoms with Gasteiger partial charge < -0.3 is 13.6 Å². The summed E-state index contributed by atoms with van der Waals surface area (Å²) in [5.74, 6) is 1.28. The fraction of sp³-hybridized carbons (Fsp3) is 0.361. The molecule has 0 saturated carbocycles. The summed E-state index contributed by atoms with van der Waals surface area (Å²) in [6.07, 6.45) is 1.94. The first-order valence-electron chi connectivity index (χ1n) is 13.9. The quantitative estimate of drug-likeness (QED) is 0.212. The zero-order valence-electron chi connectivity index (χ0n) is 24.7. The van der Waals surface area contributed by atoms with Gasteiger partial charge in [0.2, 0.25) is 0 Å². The first kappa shape index (κ1) is 34.0. The molecule has 6 nitrogen and oxygen atoms in total. The first-order chi connectivity index (χ1) is 19.1. The molecule has 0 saturated heterocycles. The van der Waals surface area contributed by atoms with Crippen LogP contribution in [0, 0.1) is 6.92 Å². The minimum Gasteiger partial charge on any atom is -0.356 e. The van der Waals surface area contributed by atoms with Crippen LogP contribution >= 0.6 is 0 Å². The van der Waals surface area contributed by atoms with Crippen LogP contribution in [0.2, 0.25) is 0 Å². The molecule has 0 aliphatic heterocycles. The number of pyridine rings is 1. The van der Waals surface area contributed by atoms with E-state index >= 15 is 0 Å². The van der Waals surface area contributed by atoms with Crippen molar-refractivity contribution in [2.24, 2.45) is 7.05 Å². The zero-order valence-corrected chi connectivity index (χ0v) is 24.7. The van der Waals surface area contributed by atoms with E-state index in [1.807, 2.05) is 66.9 Å². The second-order valence-electron chi connectivity index (χ2n) is 11.1. The Hall–Kier alpha value is -4.19. The van der Waals surface area contributed by atoms with Crippen LogP contribution < -0.4 is 5.56 Å². The summed E-state index contributed by atoms with van der Waals surface area (Å²) in [5, 5.41) is 12.3. The third-order valence-corrected chi connectivity index (χ3v) is 6.90. The Morgan fingerprint density at radius 2 is 1.14 bits per heavy atom. The van der Waals surface area contributed by atoms with Crippen LogP contribution in [0.5, 0.6) is 0 Å². The van der Waals surface area contributed by atoms with E-state index < -0.39 is 0 Å². The van der Waals surface area contributed by atoms with Gasteiger partial charge in [-0.05, 0) is 66.0 Å². The molecule has 0 atom stereocenters. The van der Waals surface area contributed by atoms with E-state index in [1.54, 1.807) is 11.6 Å². The number of benzene rings is 3. The predicted molar refractivity (Wildman–Crippen MR) is 178 cm³/mol. The Balaban J connectivity index is 0.000000216. The van der Waals surface area contributed by atoms with Crippen molar-refractivity contribution in [1.29, 1.82) is 0 Å². The molecule has 0 amide bonds. The number of hydrogen-bond acceptors (Lipinski definition) is 5. The van der Waals surface area contributed by atoms with E-state index in [9.17, 15) is 4.79 Å². The van der Waals surface area contributed by atoms with Gasteiger partial charge in [0, 0.05) is 29.4 Å².